The number of hydrogen-bond donors (Lipinski definition) is 0. The van der Waals surface area contributed by atoms with E-state index in [-0.39, 0.29) is 0 Å². The predicted molar refractivity (Wildman–Crippen MR) is 52.2 cm³/mol. The van der Waals surface area contributed by atoms with Gasteiger partial charge in [0.05, 0.1) is 0 Å². The lowest BCUT2D eigenvalue weighted by Gasteiger charge is -2.29. The van der Waals surface area contributed by atoms with Gasteiger partial charge in [-0.3, -0.25) is 0 Å². The molecule has 0 aliphatic carbocycles. The Bertz CT molecular complexity index is 158. The average molecular weight is 166 g/mol. The van der Waals surface area contributed by atoms with E-state index in [0.717, 1.165) is 0 Å². The number of rotatable bonds is 2. The van der Waals surface area contributed by atoms with Gasteiger partial charge in [-0.05, 0) is 27.7 Å². The molecule has 0 bridgehead atoms. The molecule has 0 aromatic carbocycles. The van der Waals surface area contributed by atoms with E-state index in [9.17, 15) is 0 Å². The Morgan fingerprint density at radius 2 is 0.917 bits per heavy atom. The first-order chi connectivity index (χ1) is 5.61. The molecule has 0 fully saturated rings. The first-order valence-electron chi connectivity index (χ1n) is 4.53. The number of hydrogen-bond acceptors (Lipinski definition) is 2. The Kier molecular flexibility index (Phi) is 2.79. The maximum atomic E-state index is 2.19. The van der Waals surface area contributed by atoms with Gasteiger partial charge in [-0.25, -0.2) is 0 Å². The van der Waals surface area contributed by atoms with E-state index in [1.165, 1.54) is 0 Å². The van der Waals surface area contributed by atoms with Gasteiger partial charge in [0, 0.05) is 36.9 Å². The molecule has 1 aliphatic rings. The zero-order valence-electron chi connectivity index (χ0n) is 8.36. The molecular weight excluding hydrogens is 148 g/mol. The fourth-order valence-electron chi connectivity index (χ4n) is 1.10. The van der Waals surface area contributed by atoms with Crippen LogP contribution in [0.5, 0.6) is 0 Å². The van der Waals surface area contributed by atoms with E-state index in [0.29, 0.717) is 12.1 Å². The summed E-state index contributed by atoms with van der Waals surface area (Å²) in [5, 5.41) is 0. The van der Waals surface area contributed by atoms with Gasteiger partial charge in [-0.2, -0.15) is 0 Å². The van der Waals surface area contributed by atoms with E-state index >= 15 is 0 Å². The molecule has 0 radical (unpaired) electrons. The quantitative estimate of drug-likeness (QED) is 0.621. The molecule has 68 valence electrons. The van der Waals surface area contributed by atoms with Crippen molar-refractivity contribution in [2.75, 3.05) is 0 Å². The van der Waals surface area contributed by atoms with Gasteiger partial charge >= 0.3 is 0 Å². The first-order valence-corrected chi connectivity index (χ1v) is 4.53. The molecular formula is C10H18N2. The van der Waals surface area contributed by atoms with Gasteiger partial charge < -0.3 is 9.80 Å². The maximum Gasteiger partial charge on any atom is 0.0275 e. The molecule has 0 saturated heterocycles. The van der Waals surface area contributed by atoms with Crippen LogP contribution in [0.25, 0.3) is 0 Å². The fraction of sp³-hybridized carbons (Fsp3) is 0.600. The van der Waals surface area contributed by atoms with Gasteiger partial charge in [-0.1, -0.05) is 0 Å². The lowest BCUT2D eigenvalue weighted by Crippen LogP contribution is -2.28. The predicted octanol–water partition coefficient (Wildman–Crippen LogP) is 2.36. The Morgan fingerprint density at radius 3 is 1.08 bits per heavy atom. The van der Waals surface area contributed by atoms with Crippen LogP contribution < -0.4 is 0 Å². The highest BCUT2D eigenvalue weighted by Gasteiger charge is 2.07. The SMILES string of the molecule is CC(C)N1C=CN(C(C)C)C=C1. The van der Waals surface area contributed by atoms with Crippen molar-refractivity contribution in [2.45, 2.75) is 39.8 Å². The highest BCUT2D eigenvalue weighted by Crippen LogP contribution is 2.10. The highest BCUT2D eigenvalue weighted by molar-refractivity contribution is 5.02. The average Bonchev–Trinajstić information content (AvgIpc) is 2.04. The minimum Gasteiger partial charge on any atom is -0.349 e. The molecule has 1 heterocycles. The molecule has 0 atom stereocenters. The summed E-state index contributed by atoms with van der Waals surface area (Å²) < 4.78 is 0. The molecule has 1 rings (SSSR count). The third kappa shape index (κ3) is 2.03. The standard InChI is InChI=1S/C10H18N2/c1-9(2)11-5-7-12(8-6-11)10(3)4/h5-10H,1-4H3. The molecule has 0 N–H and O–H groups in total. The van der Waals surface area contributed by atoms with Crippen molar-refractivity contribution < 1.29 is 0 Å². The topological polar surface area (TPSA) is 6.48 Å². The Balaban J connectivity index is 2.54. The van der Waals surface area contributed by atoms with Crippen molar-refractivity contribution >= 4 is 0 Å². The summed E-state index contributed by atoms with van der Waals surface area (Å²) in [6.45, 7) is 8.72. The second-order valence-electron chi connectivity index (χ2n) is 3.68. The Labute approximate surface area is 75.2 Å². The maximum absolute atomic E-state index is 2.19. The largest absolute Gasteiger partial charge is 0.349 e. The molecule has 0 amide bonds. The molecule has 1 aliphatic heterocycles. The summed E-state index contributed by atoms with van der Waals surface area (Å²) >= 11 is 0. The van der Waals surface area contributed by atoms with Crippen LogP contribution in [0.15, 0.2) is 24.8 Å². The van der Waals surface area contributed by atoms with Gasteiger partial charge in [0.25, 0.3) is 0 Å². The van der Waals surface area contributed by atoms with Crippen LogP contribution in [-0.2, 0) is 0 Å². The summed E-state index contributed by atoms with van der Waals surface area (Å²) in [6.07, 6.45) is 8.46. The zero-order chi connectivity index (χ0) is 9.14. The van der Waals surface area contributed by atoms with Crippen molar-refractivity contribution in [1.29, 1.82) is 0 Å². The summed E-state index contributed by atoms with van der Waals surface area (Å²) in [6, 6.07) is 1.10. The van der Waals surface area contributed by atoms with Crippen LogP contribution in [0, 0.1) is 0 Å². The molecule has 0 spiro atoms. The number of nitrogens with zero attached hydrogens (tertiary/aromatic N) is 2. The van der Waals surface area contributed by atoms with Crippen LogP contribution >= 0.6 is 0 Å². The second-order valence-corrected chi connectivity index (χ2v) is 3.68. The van der Waals surface area contributed by atoms with E-state index in [1.54, 1.807) is 0 Å². The lowest BCUT2D eigenvalue weighted by molar-refractivity contribution is 0.344. The molecule has 0 aromatic rings. The van der Waals surface area contributed by atoms with Crippen LogP contribution in [0.4, 0.5) is 0 Å². The van der Waals surface area contributed by atoms with Crippen LogP contribution in [0.2, 0.25) is 0 Å². The summed E-state index contributed by atoms with van der Waals surface area (Å²) in [4.78, 5) is 4.39. The van der Waals surface area contributed by atoms with E-state index in [4.69, 9.17) is 0 Å². The highest BCUT2D eigenvalue weighted by atomic mass is 15.2. The Hall–Kier alpha value is -0.920. The third-order valence-corrected chi connectivity index (χ3v) is 2.01. The molecule has 12 heavy (non-hydrogen) atoms. The molecule has 0 saturated carbocycles. The van der Waals surface area contributed by atoms with Gasteiger partial charge in [0.15, 0.2) is 0 Å². The second kappa shape index (κ2) is 3.65. The molecule has 2 heteroatoms. The third-order valence-electron chi connectivity index (χ3n) is 2.01. The zero-order valence-corrected chi connectivity index (χ0v) is 8.36. The van der Waals surface area contributed by atoms with Gasteiger partial charge in [0.2, 0.25) is 0 Å². The molecule has 0 unspecified atom stereocenters. The minimum atomic E-state index is 0.548. The minimum absolute atomic E-state index is 0.548. The van der Waals surface area contributed by atoms with Crippen molar-refractivity contribution in [3.8, 4) is 0 Å². The van der Waals surface area contributed by atoms with Gasteiger partial charge in [-0.15, -0.1) is 0 Å². The summed E-state index contributed by atoms with van der Waals surface area (Å²) in [5.74, 6) is 0. The van der Waals surface area contributed by atoms with Crippen LogP contribution in [0.3, 0.4) is 0 Å². The van der Waals surface area contributed by atoms with Crippen LogP contribution in [-0.4, -0.2) is 21.9 Å². The fourth-order valence-corrected chi connectivity index (χ4v) is 1.10. The molecule has 0 aromatic heterocycles. The summed E-state index contributed by atoms with van der Waals surface area (Å²) in [7, 11) is 0. The molecule has 2 nitrogen and oxygen atoms in total. The monoisotopic (exact) mass is 166 g/mol. The van der Waals surface area contributed by atoms with Crippen molar-refractivity contribution in [3.05, 3.63) is 24.8 Å². The van der Waals surface area contributed by atoms with Crippen LogP contribution in [0.1, 0.15) is 27.7 Å². The van der Waals surface area contributed by atoms with Crippen molar-refractivity contribution in [2.24, 2.45) is 0 Å². The van der Waals surface area contributed by atoms with Crippen molar-refractivity contribution in [3.63, 3.8) is 0 Å². The van der Waals surface area contributed by atoms with Crippen molar-refractivity contribution in [1.82, 2.24) is 9.80 Å². The smallest absolute Gasteiger partial charge is 0.0275 e. The first kappa shape index (κ1) is 9.17. The van der Waals surface area contributed by atoms with E-state index in [2.05, 4.69) is 62.3 Å². The lowest BCUT2D eigenvalue weighted by atomic mass is 10.3. The van der Waals surface area contributed by atoms with Gasteiger partial charge in [0.1, 0.15) is 0 Å². The Morgan fingerprint density at radius 1 is 0.667 bits per heavy atom. The van der Waals surface area contributed by atoms with E-state index < -0.39 is 0 Å². The summed E-state index contributed by atoms with van der Waals surface area (Å²) in [5.41, 5.74) is 0. The van der Waals surface area contributed by atoms with E-state index in [1.807, 2.05) is 0 Å². The normalized spacial score (nSPS) is 16.8.